The van der Waals surface area contributed by atoms with Gasteiger partial charge in [-0.1, -0.05) is 12.1 Å². The molecule has 0 aromatic heterocycles. The molecule has 0 bridgehead atoms. The molecule has 2 N–H and O–H groups in total. The molecule has 0 heterocycles. The van der Waals surface area contributed by atoms with Crippen LogP contribution in [-0.2, 0) is 10.3 Å². The van der Waals surface area contributed by atoms with Gasteiger partial charge in [-0.3, -0.25) is 4.79 Å². The molecule has 0 aliphatic carbocycles. The van der Waals surface area contributed by atoms with Gasteiger partial charge in [0, 0.05) is 6.92 Å². The lowest BCUT2D eigenvalue weighted by Crippen LogP contribution is -2.45. The number of benzene rings is 1. The zero-order valence-electron chi connectivity index (χ0n) is 8.75. The van der Waals surface area contributed by atoms with Crippen LogP contribution in [-0.4, -0.2) is 17.6 Å². The van der Waals surface area contributed by atoms with E-state index in [9.17, 15) is 14.3 Å². The van der Waals surface area contributed by atoms with Crippen molar-refractivity contribution in [1.29, 1.82) is 0 Å². The first-order valence-corrected chi connectivity index (χ1v) is 4.63. The number of amides is 1. The van der Waals surface area contributed by atoms with Crippen molar-refractivity contribution in [2.24, 2.45) is 0 Å². The molecule has 0 aliphatic heterocycles. The van der Waals surface area contributed by atoms with Gasteiger partial charge < -0.3 is 10.4 Å². The Morgan fingerprint density at radius 2 is 2.00 bits per heavy atom. The summed E-state index contributed by atoms with van der Waals surface area (Å²) >= 11 is 0. The van der Waals surface area contributed by atoms with Crippen LogP contribution in [0.1, 0.15) is 19.4 Å². The largest absolute Gasteiger partial charge is 0.394 e. The van der Waals surface area contributed by atoms with Crippen molar-refractivity contribution in [2.45, 2.75) is 19.4 Å². The highest BCUT2D eigenvalue weighted by Gasteiger charge is 2.26. The summed E-state index contributed by atoms with van der Waals surface area (Å²) in [4.78, 5) is 11.0. The average molecular weight is 211 g/mol. The minimum Gasteiger partial charge on any atom is -0.394 e. The SMILES string of the molecule is CC(=O)NC(C)(CO)c1ccc(F)cc1. The minimum atomic E-state index is -0.862. The lowest BCUT2D eigenvalue weighted by molar-refractivity contribution is -0.121. The second-order valence-corrected chi connectivity index (χ2v) is 3.68. The fourth-order valence-electron chi connectivity index (χ4n) is 1.41. The van der Waals surface area contributed by atoms with Crippen molar-refractivity contribution in [2.75, 3.05) is 6.61 Å². The van der Waals surface area contributed by atoms with Crippen molar-refractivity contribution in [3.05, 3.63) is 35.6 Å². The summed E-state index contributed by atoms with van der Waals surface area (Å²) in [7, 11) is 0. The fourth-order valence-corrected chi connectivity index (χ4v) is 1.41. The van der Waals surface area contributed by atoms with E-state index in [1.165, 1.54) is 19.1 Å². The smallest absolute Gasteiger partial charge is 0.217 e. The molecule has 0 saturated carbocycles. The molecule has 0 radical (unpaired) electrons. The molecule has 1 rings (SSSR count). The first-order chi connectivity index (χ1) is 6.98. The molecular weight excluding hydrogens is 197 g/mol. The molecule has 3 nitrogen and oxygen atoms in total. The summed E-state index contributed by atoms with van der Waals surface area (Å²) in [6.07, 6.45) is 0. The Kier molecular flexibility index (Phi) is 3.42. The number of hydrogen-bond acceptors (Lipinski definition) is 2. The van der Waals surface area contributed by atoms with Gasteiger partial charge >= 0.3 is 0 Å². The molecule has 0 saturated heterocycles. The maximum atomic E-state index is 12.7. The summed E-state index contributed by atoms with van der Waals surface area (Å²) < 4.78 is 12.7. The molecule has 0 fully saturated rings. The molecule has 4 heteroatoms. The number of halogens is 1. The predicted octanol–water partition coefficient (Wildman–Crippen LogP) is 1.17. The van der Waals surface area contributed by atoms with Crippen LogP contribution < -0.4 is 5.32 Å². The van der Waals surface area contributed by atoms with Crippen molar-refractivity contribution >= 4 is 5.91 Å². The lowest BCUT2D eigenvalue weighted by Gasteiger charge is -2.28. The van der Waals surface area contributed by atoms with Gasteiger partial charge in [0.1, 0.15) is 5.82 Å². The van der Waals surface area contributed by atoms with E-state index in [0.717, 1.165) is 0 Å². The molecule has 1 atom stereocenters. The van der Waals surface area contributed by atoms with E-state index in [1.807, 2.05) is 0 Å². The van der Waals surface area contributed by atoms with Crippen molar-refractivity contribution in [3.63, 3.8) is 0 Å². The Hall–Kier alpha value is -1.42. The summed E-state index contributed by atoms with van der Waals surface area (Å²) in [6, 6.07) is 5.68. The Labute approximate surface area is 87.9 Å². The number of rotatable bonds is 3. The summed E-state index contributed by atoms with van der Waals surface area (Å²) in [5, 5.41) is 11.9. The standard InChI is InChI=1S/C11H14FNO2/c1-8(15)13-11(2,7-14)9-3-5-10(12)6-4-9/h3-6,14H,7H2,1-2H3,(H,13,15). The number of hydrogen-bond donors (Lipinski definition) is 2. The van der Waals surface area contributed by atoms with Crippen LogP contribution in [0, 0.1) is 5.82 Å². The highest BCUT2D eigenvalue weighted by molar-refractivity contribution is 5.74. The molecule has 0 spiro atoms. The minimum absolute atomic E-state index is 0.238. The van der Waals surface area contributed by atoms with E-state index in [-0.39, 0.29) is 18.3 Å². The zero-order chi connectivity index (χ0) is 11.5. The summed E-state index contributed by atoms with van der Waals surface area (Å²) in [5.41, 5.74) is -0.193. The summed E-state index contributed by atoms with van der Waals surface area (Å²) in [6.45, 7) is 2.82. The first-order valence-electron chi connectivity index (χ1n) is 4.63. The van der Waals surface area contributed by atoms with Crippen LogP contribution in [0.25, 0.3) is 0 Å². The first kappa shape index (κ1) is 11.7. The number of aliphatic hydroxyl groups excluding tert-OH is 1. The summed E-state index contributed by atoms with van der Waals surface area (Å²) in [5.74, 6) is -0.585. The van der Waals surface area contributed by atoms with Crippen LogP contribution in [0.4, 0.5) is 4.39 Å². The molecule has 1 aromatic rings. The Morgan fingerprint density at radius 3 is 2.40 bits per heavy atom. The lowest BCUT2D eigenvalue weighted by atomic mass is 9.93. The van der Waals surface area contributed by atoms with Crippen LogP contribution in [0.3, 0.4) is 0 Å². The van der Waals surface area contributed by atoms with E-state index < -0.39 is 5.54 Å². The van der Waals surface area contributed by atoms with Gasteiger partial charge in [-0.05, 0) is 24.6 Å². The number of nitrogens with one attached hydrogen (secondary N) is 1. The topological polar surface area (TPSA) is 49.3 Å². The maximum absolute atomic E-state index is 12.7. The van der Waals surface area contributed by atoms with Crippen molar-refractivity contribution in [3.8, 4) is 0 Å². The van der Waals surface area contributed by atoms with Gasteiger partial charge in [-0.25, -0.2) is 4.39 Å². The van der Waals surface area contributed by atoms with E-state index in [1.54, 1.807) is 19.1 Å². The third kappa shape index (κ3) is 2.76. The molecule has 0 aliphatic rings. The third-order valence-electron chi connectivity index (χ3n) is 2.25. The molecule has 15 heavy (non-hydrogen) atoms. The van der Waals surface area contributed by atoms with Gasteiger partial charge in [-0.15, -0.1) is 0 Å². The second kappa shape index (κ2) is 4.40. The van der Waals surface area contributed by atoms with E-state index in [2.05, 4.69) is 5.32 Å². The van der Waals surface area contributed by atoms with E-state index in [4.69, 9.17) is 0 Å². The highest BCUT2D eigenvalue weighted by Crippen LogP contribution is 2.20. The Bertz CT molecular complexity index is 350. The van der Waals surface area contributed by atoms with Gasteiger partial charge in [0.2, 0.25) is 5.91 Å². The molecule has 1 amide bonds. The highest BCUT2D eigenvalue weighted by atomic mass is 19.1. The van der Waals surface area contributed by atoms with Gasteiger partial charge in [0.25, 0.3) is 0 Å². The predicted molar refractivity (Wildman–Crippen MR) is 54.7 cm³/mol. The Balaban J connectivity index is 3.00. The quantitative estimate of drug-likeness (QED) is 0.788. The Morgan fingerprint density at radius 1 is 1.47 bits per heavy atom. The van der Waals surface area contributed by atoms with Gasteiger partial charge in [0.15, 0.2) is 0 Å². The fraction of sp³-hybridized carbons (Fsp3) is 0.364. The maximum Gasteiger partial charge on any atom is 0.217 e. The van der Waals surface area contributed by atoms with Crippen LogP contribution in [0.2, 0.25) is 0 Å². The van der Waals surface area contributed by atoms with Crippen molar-refractivity contribution < 1.29 is 14.3 Å². The number of aliphatic hydroxyl groups is 1. The monoisotopic (exact) mass is 211 g/mol. The second-order valence-electron chi connectivity index (χ2n) is 3.68. The van der Waals surface area contributed by atoms with Crippen LogP contribution in [0.15, 0.2) is 24.3 Å². The third-order valence-corrected chi connectivity index (χ3v) is 2.25. The van der Waals surface area contributed by atoms with Crippen LogP contribution in [0.5, 0.6) is 0 Å². The van der Waals surface area contributed by atoms with Gasteiger partial charge in [0.05, 0.1) is 12.1 Å². The van der Waals surface area contributed by atoms with E-state index in [0.29, 0.717) is 5.56 Å². The average Bonchev–Trinajstić information content (AvgIpc) is 2.17. The van der Waals surface area contributed by atoms with Crippen molar-refractivity contribution in [1.82, 2.24) is 5.32 Å². The molecule has 1 unspecified atom stereocenters. The molecule has 82 valence electrons. The number of carbonyl (C=O) groups is 1. The van der Waals surface area contributed by atoms with E-state index >= 15 is 0 Å². The van der Waals surface area contributed by atoms with Gasteiger partial charge in [-0.2, -0.15) is 0 Å². The van der Waals surface area contributed by atoms with Crippen LogP contribution >= 0.6 is 0 Å². The zero-order valence-corrected chi connectivity index (χ0v) is 8.75. The molecule has 1 aromatic carbocycles. The molecular formula is C11H14FNO2. The normalized spacial score (nSPS) is 14.4. The number of carbonyl (C=O) groups excluding carboxylic acids is 1.